The minimum Gasteiger partial charge on any atom is -0.760 e. The van der Waals surface area contributed by atoms with Crippen LogP contribution in [-0.4, -0.2) is 53.0 Å². The molecule has 0 amide bonds. The zero-order chi connectivity index (χ0) is 28.4. The first-order valence-electron chi connectivity index (χ1n) is 12.3. The third-order valence-electron chi connectivity index (χ3n) is 6.39. The summed E-state index contributed by atoms with van der Waals surface area (Å²) >= 11 is -2.36. The number of rotatable bonds is 5. The molecule has 0 fully saturated rings. The number of benzene rings is 1. The van der Waals surface area contributed by atoms with E-state index in [1.807, 2.05) is 68.6 Å². The normalized spacial score (nSPS) is 11.8. The molecule has 0 aliphatic carbocycles. The van der Waals surface area contributed by atoms with Crippen LogP contribution in [0.25, 0.3) is 55.8 Å². The topological polar surface area (TPSA) is 153 Å². The van der Waals surface area contributed by atoms with Crippen molar-refractivity contribution >= 4 is 38.9 Å². The van der Waals surface area contributed by atoms with Crippen molar-refractivity contribution in [1.29, 1.82) is 0 Å². The Morgan fingerprint density at radius 3 is 2.58 bits per heavy atom. The maximum Gasteiger partial charge on any atom is 0.135 e. The van der Waals surface area contributed by atoms with Crippen molar-refractivity contribution in [3.8, 4) is 33.9 Å². The fourth-order valence-electron chi connectivity index (χ4n) is 4.46. The summed E-state index contributed by atoms with van der Waals surface area (Å²) < 4.78 is 31.8. The molecule has 40 heavy (non-hydrogen) atoms. The van der Waals surface area contributed by atoms with E-state index in [4.69, 9.17) is 13.7 Å². The molecule has 6 aromatic rings. The van der Waals surface area contributed by atoms with Crippen LogP contribution in [0.15, 0.2) is 67.1 Å². The summed E-state index contributed by atoms with van der Waals surface area (Å²) in [7, 11) is 3.97. The maximum atomic E-state index is 14.3. The van der Waals surface area contributed by atoms with Crippen LogP contribution in [0.4, 0.5) is 10.1 Å². The van der Waals surface area contributed by atoms with Crippen LogP contribution in [0.2, 0.25) is 0 Å². The molecule has 0 saturated heterocycles. The summed E-state index contributed by atoms with van der Waals surface area (Å²) in [6.45, 7) is 2.01. The van der Waals surface area contributed by atoms with E-state index >= 15 is 0 Å². The first kappa shape index (κ1) is 27.1. The second kappa shape index (κ2) is 11.3. The van der Waals surface area contributed by atoms with Gasteiger partial charge in [0.2, 0.25) is 0 Å². The second-order valence-corrected chi connectivity index (χ2v) is 9.78. The molecule has 0 spiro atoms. The summed E-state index contributed by atoms with van der Waals surface area (Å²) in [5.41, 5.74) is 9.15. The molecule has 0 aliphatic rings. The molecule has 12 heteroatoms. The van der Waals surface area contributed by atoms with E-state index in [1.165, 1.54) is 6.07 Å². The van der Waals surface area contributed by atoms with E-state index in [1.54, 1.807) is 12.3 Å². The molecule has 5 aromatic heterocycles. The molecule has 5 heterocycles. The van der Waals surface area contributed by atoms with Crippen molar-refractivity contribution in [3.63, 3.8) is 0 Å². The lowest BCUT2D eigenvalue weighted by Crippen LogP contribution is -2.08. The van der Waals surface area contributed by atoms with Crippen molar-refractivity contribution in [1.82, 2.24) is 30.1 Å². The van der Waals surface area contributed by atoms with Gasteiger partial charge in [-0.2, -0.15) is 5.10 Å². The van der Waals surface area contributed by atoms with Gasteiger partial charge in [-0.05, 0) is 60.5 Å². The predicted octanol–water partition coefficient (Wildman–Crippen LogP) is 4.74. The van der Waals surface area contributed by atoms with Gasteiger partial charge in [-0.1, -0.05) is 6.92 Å². The lowest BCUT2D eigenvalue weighted by molar-refractivity contribution is 0.538. The highest BCUT2D eigenvalue weighted by molar-refractivity contribution is 7.76. The van der Waals surface area contributed by atoms with Gasteiger partial charge in [0, 0.05) is 59.8 Å². The Hall–Kier alpha value is -4.52. The molecule has 0 aliphatic heterocycles. The number of hydrogen-bond donors (Lipinski definition) is 3. The summed E-state index contributed by atoms with van der Waals surface area (Å²) in [6, 6.07) is 15.0. The number of anilines is 1. The molecule has 1 atom stereocenters. The van der Waals surface area contributed by atoms with E-state index < -0.39 is 11.3 Å². The van der Waals surface area contributed by atoms with E-state index in [0.29, 0.717) is 5.69 Å². The SMILES string of the molecule is CCc1cc(F)cc(-c2nccc3[nH]c(-c4n[nH]c5ccc(-c6cncc(N(C)C)c6)nc45)cc23)c1.NS(=O)[O-]. The van der Waals surface area contributed by atoms with Gasteiger partial charge in [-0.15, -0.1) is 0 Å². The zero-order valence-electron chi connectivity index (χ0n) is 22.0. The van der Waals surface area contributed by atoms with E-state index in [-0.39, 0.29) is 5.82 Å². The predicted molar refractivity (Wildman–Crippen MR) is 154 cm³/mol. The van der Waals surface area contributed by atoms with Crippen LogP contribution >= 0.6 is 0 Å². The summed E-state index contributed by atoms with van der Waals surface area (Å²) in [5, 5.41) is 12.6. The quantitative estimate of drug-likeness (QED) is 0.259. The Morgan fingerprint density at radius 1 is 1.02 bits per heavy atom. The van der Waals surface area contributed by atoms with Crippen molar-refractivity contribution in [2.45, 2.75) is 13.3 Å². The van der Waals surface area contributed by atoms with Crippen LogP contribution < -0.4 is 10.0 Å². The number of aryl methyl sites for hydroxylation is 1. The molecule has 0 bridgehead atoms. The van der Waals surface area contributed by atoms with Crippen LogP contribution in [0.5, 0.6) is 0 Å². The zero-order valence-corrected chi connectivity index (χ0v) is 22.8. The van der Waals surface area contributed by atoms with Gasteiger partial charge in [-0.25, -0.2) is 9.37 Å². The van der Waals surface area contributed by atoms with Gasteiger partial charge in [0.15, 0.2) is 0 Å². The molecule has 4 N–H and O–H groups in total. The molecule has 1 unspecified atom stereocenters. The lowest BCUT2D eigenvalue weighted by atomic mass is 10.0. The third-order valence-corrected chi connectivity index (χ3v) is 6.39. The molecule has 0 radical (unpaired) electrons. The first-order valence-corrected chi connectivity index (χ1v) is 13.5. The molecular formula is C28H26FN8O2S-. The van der Waals surface area contributed by atoms with Gasteiger partial charge in [-0.3, -0.25) is 24.4 Å². The standard InChI is InChI=1S/C28H24FN7.H3NO2S/c1-4-16-9-17(11-19(29)10-16)26-21-13-25(32-23(21)7-8-31-26)28-27-24(34-35-28)6-5-22(33-27)18-12-20(36(2)3)15-30-14-18;1-4(2)3/h5-15,32H,4H2,1-3H3,(H,34,35);1H2,(H,2,3)/p-1. The smallest absolute Gasteiger partial charge is 0.135 e. The molecule has 1 aromatic carbocycles. The van der Waals surface area contributed by atoms with Crippen LogP contribution in [-0.2, 0) is 17.7 Å². The summed E-state index contributed by atoms with van der Waals surface area (Å²) in [5.74, 6) is -0.262. The fourth-order valence-corrected chi connectivity index (χ4v) is 4.46. The van der Waals surface area contributed by atoms with Crippen LogP contribution in [0.1, 0.15) is 12.5 Å². The molecule has 0 saturated carbocycles. The molecule has 10 nitrogen and oxygen atoms in total. The highest BCUT2D eigenvalue weighted by atomic mass is 32.2. The summed E-state index contributed by atoms with van der Waals surface area (Å²) in [6.07, 6.45) is 6.12. The minimum absolute atomic E-state index is 0.262. The number of hydrogen-bond acceptors (Lipinski definition) is 7. The van der Waals surface area contributed by atoms with Crippen molar-refractivity contribution in [2.75, 3.05) is 19.0 Å². The number of halogens is 1. The largest absolute Gasteiger partial charge is 0.760 e. The first-order chi connectivity index (χ1) is 19.2. The number of fused-ring (bicyclic) bond motifs is 2. The fraction of sp³-hybridized carbons (Fsp3) is 0.143. The van der Waals surface area contributed by atoms with E-state index in [2.05, 4.69) is 36.4 Å². The minimum atomic E-state index is -2.36. The highest BCUT2D eigenvalue weighted by Crippen LogP contribution is 2.34. The van der Waals surface area contributed by atoms with E-state index in [0.717, 1.165) is 67.8 Å². The van der Waals surface area contributed by atoms with E-state index in [9.17, 15) is 4.39 Å². The second-order valence-electron chi connectivity index (χ2n) is 9.26. The molecular weight excluding hydrogens is 531 g/mol. The van der Waals surface area contributed by atoms with Gasteiger partial charge in [0.1, 0.15) is 17.0 Å². The van der Waals surface area contributed by atoms with Crippen molar-refractivity contribution in [2.24, 2.45) is 5.14 Å². The Labute approximate surface area is 231 Å². The number of aromatic nitrogens is 6. The Morgan fingerprint density at radius 2 is 1.82 bits per heavy atom. The molecule has 6 rings (SSSR count). The number of H-pyrrole nitrogens is 2. The average molecular weight is 558 g/mol. The Bertz CT molecular complexity index is 1850. The Kier molecular flexibility index (Phi) is 7.65. The summed E-state index contributed by atoms with van der Waals surface area (Å²) in [4.78, 5) is 19.3. The number of nitrogens with one attached hydrogen (secondary N) is 2. The highest BCUT2D eigenvalue weighted by Gasteiger charge is 2.17. The number of pyridine rings is 3. The third kappa shape index (κ3) is 5.59. The van der Waals surface area contributed by atoms with Gasteiger partial charge in [0.05, 0.1) is 34.5 Å². The lowest BCUT2D eigenvalue weighted by Gasteiger charge is -2.12. The van der Waals surface area contributed by atoms with Crippen LogP contribution in [0.3, 0.4) is 0 Å². The van der Waals surface area contributed by atoms with Crippen molar-refractivity contribution in [3.05, 3.63) is 78.5 Å². The monoisotopic (exact) mass is 557 g/mol. The average Bonchev–Trinajstić information content (AvgIpc) is 3.56. The van der Waals surface area contributed by atoms with Crippen molar-refractivity contribution < 1.29 is 13.2 Å². The Balaban J connectivity index is 0.000000758. The number of aromatic amines is 2. The van der Waals surface area contributed by atoms with Gasteiger partial charge < -0.3 is 14.4 Å². The number of nitrogens with two attached hydrogens (primary N) is 1. The maximum absolute atomic E-state index is 14.3. The van der Waals surface area contributed by atoms with Crippen LogP contribution in [0, 0.1) is 5.82 Å². The molecule has 204 valence electrons. The van der Waals surface area contributed by atoms with Gasteiger partial charge in [0.25, 0.3) is 0 Å². The van der Waals surface area contributed by atoms with Gasteiger partial charge >= 0.3 is 0 Å². The number of nitrogens with zero attached hydrogens (tertiary/aromatic N) is 5.